The number of aliphatic hydroxyl groups is 1. The molecular formula is C22H28O8S. The summed E-state index contributed by atoms with van der Waals surface area (Å²) >= 11 is 0. The molecule has 0 bridgehead atoms. The van der Waals surface area contributed by atoms with Gasteiger partial charge in [0.2, 0.25) is 0 Å². The molecule has 1 aliphatic rings. The van der Waals surface area contributed by atoms with Gasteiger partial charge in [0.1, 0.15) is 18.3 Å². The fraction of sp³-hybridized carbons (Fsp3) is 0.455. The van der Waals surface area contributed by atoms with Crippen molar-refractivity contribution < 1.29 is 37.0 Å². The van der Waals surface area contributed by atoms with Crippen LogP contribution in [-0.4, -0.2) is 61.6 Å². The van der Waals surface area contributed by atoms with Crippen LogP contribution in [0.4, 0.5) is 0 Å². The van der Waals surface area contributed by atoms with Gasteiger partial charge in [0.15, 0.2) is 6.29 Å². The van der Waals surface area contributed by atoms with Crippen molar-refractivity contribution in [3.8, 4) is 0 Å². The van der Waals surface area contributed by atoms with Gasteiger partial charge >= 0.3 is 0 Å². The van der Waals surface area contributed by atoms with Crippen LogP contribution in [0.2, 0.25) is 0 Å². The number of hydrogen-bond acceptors (Lipinski definition) is 7. The highest BCUT2D eigenvalue weighted by atomic mass is 32.2. The molecule has 2 aromatic rings. The van der Waals surface area contributed by atoms with Gasteiger partial charge < -0.3 is 24.1 Å². The molecule has 2 aromatic carbocycles. The first kappa shape index (κ1) is 23.8. The molecule has 31 heavy (non-hydrogen) atoms. The lowest BCUT2D eigenvalue weighted by molar-refractivity contribution is -0.310. The number of rotatable bonds is 10. The molecule has 9 heteroatoms. The minimum absolute atomic E-state index is 0.115. The van der Waals surface area contributed by atoms with Crippen molar-refractivity contribution in [3.05, 3.63) is 71.8 Å². The van der Waals surface area contributed by atoms with Crippen molar-refractivity contribution >= 4 is 10.1 Å². The van der Waals surface area contributed by atoms with Crippen LogP contribution in [0, 0.1) is 0 Å². The predicted octanol–water partition coefficient (Wildman–Crippen LogP) is 2.17. The molecule has 1 fully saturated rings. The molecular weight excluding hydrogens is 424 g/mol. The normalized spacial score (nSPS) is 26.6. The average molecular weight is 453 g/mol. The van der Waals surface area contributed by atoms with Crippen LogP contribution in [0.3, 0.4) is 0 Å². The van der Waals surface area contributed by atoms with Gasteiger partial charge in [0.25, 0.3) is 10.1 Å². The number of hydrogen-bond donors (Lipinski definition) is 2. The van der Waals surface area contributed by atoms with E-state index in [0.29, 0.717) is 0 Å². The maximum atomic E-state index is 11.2. The number of methoxy groups -OCH3 is 1. The monoisotopic (exact) mass is 452 g/mol. The molecule has 5 atom stereocenters. The fourth-order valence-corrected chi connectivity index (χ4v) is 4.01. The summed E-state index contributed by atoms with van der Waals surface area (Å²) in [6.07, 6.45) is -4.70. The van der Waals surface area contributed by atoms with E-state index < -0.39 is 46.6 Å². The maximum Gasteiger partial charge on any atom is 0.264 e. The smallest absolute Gasteiger partial charge is 0.264 e. The lowest BCUT2D eigenvalue weighted by Gasteiger charge is -2.43. The van der Waals surface area contributed by atoms with Crippen molar-refractivity contribution in [2.45, 2.75) is 50.3 Å². The van der Waals surface area contributed by atoms with Gasteiger partial charge in [-0.2, -0.15) is 8.42 Å². The topological polar surface area (TPSA) is 112 Å². The van der Waals surface area contributed by atoms with Gasteiger partial charge in [-0.3, -0.25) is 4.55 Å². The van der Waals surface area contributed by atoms with E-state index in [4.69, 9.17) is 23.5 Å². The zero-order chi connectivity index (χ0) is 22.3. The summed E-state index contributed by atoms with van der Waals surface area (Å²) in [5.74, 6) is -0.549. The Morgan fingerprint density at radius 3 is 1.90 bits per heavy atom. The standard InChI is InChI=1S/C22H28O8S/c1-27-22-21(29-15-17-10-6-3-7-11-17)20(28-14-16-8-4-2-5-9-16)19(23)18(30-22)12-13-31(24,25)26/h2-11,18-23H,12-15H2,1H3,(H,24,25,26)/t18-,19-,20+,21-,22+/m1/s1. The first-order chi connectivity index (χ1) is 14.9. The van der Waals surface area contributed by atoms with E-state index in [9.17, 15) is 13.5 Å². The SMILES string of the molecule is CO[C@H]1O[C@H](CCS(=O)(=O)O)[C@@H](O)[C@H](OCc2ccccc2)[C@H]1OCc1ccccc1. The molecule has 0 spiro atoms. The highest BCUT2D eigenvalue weighted by Crippen LogP contribution is 2.29. The van der Waals surface area contributed by atoms with Crippen LogP contribution in [0.5, 0.6) is 0 Å². The molecule has 0 saturated carbocycles. The minimum atomic E-state index is -4.21. The molecule has 1 heterocycles. The van der Waals surface area contributed by atoms with Crippen molar-refractivity contribution in [1.29, 1.82) is 0 Å². The predicted molar refractivity (Wildman–Crippen MR) is 113 cm³/mol. The third-order valence-corrected chi connectivity index (χ3v) is 5.83. The molecule has 8 nitrogen and oxygen atoms in total. The highest BCUT2D eigenvalue weighted by Gasteiger charge is 2.47. The van der Waals surface area contributed by atoms with E-state index in [-0.39, 0.29) is 19.6 Å². The molecule has 2 N–H and O–H groups in total. The minimum Gasteiger partial charge on any atom is -0.388 e. The number of aliphatic hydroxyl groups excluding tert-OH is 1. The van der Waals surface area contributed by atoms with Crippen molar-refractivity contribution in [2.24, 2.45) is 0 Å². The van der Waals surface area contributed by atoms with Crippen molar-refractivity contribution in [2.75, 3.05) is 12.9 Å². The molecule has 170 valence electrons. The summed E-state index contributed by atoms with van der Waals surface area (Å²) in [6, 6.07) is 19.0. The van der Waals surface area contributed by atoms with E-state index in [1.165, 1.54) is 7.11 Å². The largest absolute Gasteiger partial charge is 0.388 e. The second-order valence-electron chi connectivity index (χ2n) is 7.37. The van der Waals surface area contributed by atoms with Gasteiger partial charge in [0, 0.05) is 7.11 Å². The summed E-state index contributed by atoms with van der Waals surface area (Å²) in [5, 5.41) is 10.9. The molecule has 0 amide bonds. The number of ether oxygens (including phenoxy) is 4. The molecule has 1 saturated heterocycles. The summed E-state index contributed by atoms with van der Waals surface area (Å²) in [4.78, 5) is 0. The van der Waals surface area contributed by atoms with Gasteiger partial charge in [-0.1, -0.05) is 60.7 Å². The Morgan fingerprint density at radius 2 is 1.42 bits per heavy atom. The van der Waals surface area contributed by atoms with Crippen LogP contribution < -0.4 is 0 Å². The first-order valence-corrected chi connectivity index (χ1v) is 11.6. The van der Waals surface area contributed by atoms with Crippen LogP contribution in [0.15, 0.2) is 60.7 Å². The Labute approximate surface area is 182 Å². The van der Waals surface area contributed by atoms with Crippen LogP contribution >= 0.6 is 0 Å². The molecule has 0 aliphatic carbocycles. The van der Waals surface area contributed by atoms with E-state index >= 15 is 0 Å². The van der Waals surface area contributed by atoms with Gasteiger partial charge in [-0.25, -0.2) is 0 Å². The third kappa shape index (κ3) is 7.08. The second kappa shape index (κ2) is 11.1. The summed E-state index contributed by atoms with van der Waals surface area (Å²) in [6.45, 7) is 0.470. The Hall–Kier alpha value is -1.85. The quantitative estimate of drug-likeness (QED) is 0.528. The Morgan fingerprint density at radius 1 is 0.903 bits per heavy atom. The lowest BCUT2D eigenvalue weighted by Crippen LogP contribution is -2.60. The van der Waals surface area contributed by atoms with Gasteiger partial charge in [-0.15, -0.1) is 0 Å². The van der Waals surface area contributed by atoms with E-state index in [1.54, 1.807) is 0 Å². The molecule has 1 aliphatic heterocycles. The molecule has 3 rings (SSSR count). The Balaban J connectivity index is 1.76. The molecule has 0 unspecified atom stereocenters. The fourth-order valence-electron chi connectivity index (χ4n) is 3.48. The molecule has 0 radical (unpaired) electrons. The molecule has 0 aromatic heterocycles. The van der Waals surface area contributed by atoms with Crippen LogP contribution in [0.1, 0.15) is 17.5 Å². The summed E-state index contributed by atoms with van der Waals surface area (Å²) in [7, 11) is -2.77. The van der Waals surface area contributed by atoms with Crippen LogP contribution in [0.25, 0.3) is 0 Å². The zero-order valence-electron chi connectivity index (χ0n) is 17.2. The van der Waals surface area contributed by atoms with Gasteiger partial charge in [-0.05, 0) is 17.5 Å². The van der Waals surface area contributed by atoms with Gasteiger partial charge in [0.05, 0.1) is 25.1 Å². The maximum absolute atomic E-state index is 11.2. The average Bonchev–Trinajstić information content (AvgIpc) is 2.77. The second-order valence-corrected chi connectivity index (χ2v) is 8.94. The lowest BCUT2D eigenvalue weighted by atomic mass is 9.96. The van der Waals surface area contributed by atoms with E-state index in [0.717, 1.165) is 11.1 Å². The van der Waals surface area contributed by atoms with E-state index in [2.05, 4.69) is 0 Å². The van der Waals surface area contributed by atoms with Crippen molar-refractivity contribution in [1.82, 2.24) is 0 Å². The summed E-state index contributed by atoms with van der Waals surface area (Å²) < 4.78 is 54.7. The van der Waals surface area contributed by atoms with E-state index in [1.807, 2.05) is 60.7 Å². The third-order valence-electron chi connectivity index (χ3n) is 5.08. The van der Waals surface area contributed by atoms with Crippen LogP contribution in [-0.2, 0) is 42.3 Å². The number of benzene rings is 2. The highest BCUT2D eigenvalue weighted by molar-refractivity contribution is 7.85. The Kier molecular flexibility index (Phi) is 8.56. The van der Waals surface area contributed by atoms with Crippen molar-refractivity contribution in [3.63, 3.8) is 0 Å². The first-order valence-electron chi connectivity index (χ1n) is 10.00. The summed E-state index contributed by atoms with van der Waals surface area (Å²) in [5.41, 5.74) is 1.84. The zero-order valence-corrected chi connectivity index (χ0v) is 18.1. The Bertz CT molecular complexity index is 890.